The van der Waals surface area contributed by atoms with Gasteiger partial charge in [-0.1, -0.05) is 42.6 Å². The van der Waals surface area contributed by atoms with Crippen molar-refractivity contribution < 1.29 is 0 Å². The summed E-state index contributed by atoms with van der Waals surface area (Å²) in [5.41, 5.74) is 3.76. The zero-order chi connectivity index (χ0) is 13.8. The fourth-order valence-electron chi connectivity index (χ4n) is 2.16. The summed E-state index contributed by atoms with van der Waals surface area (Å²) >= 11 is 1.49. The van der Waals surface area contributed by atoms with Crippen molar-refractivity contribution in [2.45, 2.75) is 39.2 Å². The average Bonchev–Trinajstić information content (AvgIpc) is 2.83. The number of hydrogen-bond donors (Lipinski definition) is 1. The quantitative estimate of drug-likeness (QED) is 0.908. The van der Waals surface area contributed by atoms with E-state index in [0.717, 1.165) is 12.1 Å². The predicted molar refractivity (Wildman–Crippen MR) is 80.7 cm³/mol. The first-order valence-electron chi connectivity index (χ1n) is 6.66. The molecule has 102 valence electrons. The van der Waals surface area contributed by atoms with Crippen molar-refractivity contribution in [3.05, 3.63) is 46.0 Å². The second kappa shape index (κ2) is 6.26. The summed E-state index contributed by atoms with van der Waals surface area (Å²) in [7, 11) is 1.99. The van der Waals surface area contributed by atoms with Crippen LogP contribution in [-0.2, 0) is 6.42 Å². The molecule has 1 N–H and O–H groups in total. The summed E-state index contributed by atoms with van der Waals surface area (Å²) in [6.07, 6.45) is 0.972. The van der Waals surface area contributed by atoms with Gasteiger partial charge in [0.1, 0.15) is 0 Å². The zero-order valence-electron chi connectivity index (χ0n) is 12.0. The van der Waals surface area contributed by atoms with E-state index in [9.17, 15) is 0 Å². The Morgan fingerprint density at radius 1 is 1.21 bits per heavy atom. The number of nitrogens with zero attached hydrogens (tertiary/aromatic N) is 2. The third-order valence-corrected chi connectivity index (χ3v) is 4.38. The van der Waals surface area contributed by atoms with Gasteiger partial charge in [0.25, 0.3) is 0 Å². The second-order valence-corrected chi connectivity index (χ2v) is 5.95. The highest BCUT2D eigenvalue weighted by Crippen LogP contribution is 2.24. The van der Waals surface area contributed by atoms with Gasteiger partial charge in [-0.2, -0.15) is 0 Å². The maximum absolute atomic E-state index is 4.09. The minimum absolute atomic E-state index is 0.296. The van der Waals surface area contributed by atoms with E-state index < -0.39 is 0 Å². The molecular weight excluding hydrogens is 254 g/mol. The predicted octanol–water partition coefficient (Wildman–Crippen LogP) is 3.47. The van der Waals surface area contributed by atoms with Crippen molar-refractivity contribution in [2.75, 3.05) is 7.05 Å². The number of benzene rings is 1. The van der Waals surface area contributed by atoms with Crippen LogP contribution in [0.2, 0.25) is 0 Å². The Hall–Kier alpha value is -1.26. The minimum Gasteiger partial charge on any atom is -0.312 e. The Morgan fingerprint density at radius 3 is 2.37 bits per heavy atom. The summed E-state index contributed by atoms with van der Waals surface area (Å²) in [6.45, 7) is 6.46. The molecule has 0 aliphatic heterocycles. The van der Waals surface area contributed by atoms with Gasteiger partial charge < -0.3 is 5.32 Å². The summed E-state index contributed by atoms with van der Waals surface area (Å²) in [6, 6.07) is 9.20. The van der Waals surface area contributed by atoms with E-state index in [4.69, 9.17) is 0 Å². The number of likely N-dealkylation sites (N-methyl/N-ethyl adjacent to an activating group) is 1. The maximum Gasteiger partial charge on any atom is 0.0772 e. The highest BCUT2D eigenvalue weighted by Gasteiger charge is 2.16. The van der Waals surface area contributed by atoms with E-state index in [1.54, 1.807) is 0 Å². The molecule has 4 heteroatoms. The average molecular weight is 275 g/mol. The van der Waals surface area contributed by atoms with Crippen molar-refractivity contribution in [3.8, 4) is 0 Å². The molecule has 0 fully saturated rings. The first-order valence-corrected chi connectivity index (χ1v) is 7.44. The first-order chi connectivity index (χ1) is 9.11. The molecule has 1 heterocycles. The molecule has 0 saturated carbocycles. The van der Waals surface area contributed by atoms with Crippen LogP contribution in [-0.4, -0.2) is 16.6 Å². The molecule has 1 unspecified atom stereocenters. The zero-order valence-corrected chi connectivity index (χ0v) is 12.8. The second-order valence-electron chi connectivity index (χ2n) is 5.16. The van der Waals surface area contributed by atoms with Crippen molar-refractivity contribution in [1.29, 1.82) is 0 Å². The molecule has 0 radical (unpaired) electrons. The highest BCUT2D eigenvalue weighted by atomic mass is 32.1. The van der Waals surface area contributed by atoms with Crippen LogP contribution in [0.4, 0.5) is 0 Å². The van der Waals surface area contributed by atoms with Crippen LogP contribution in [0.15, 0.2) is 24.3 Å². The van der Waals surface area contributed by atoms with Crippen LogP contribution in [0.3, 0.4) is 0 Å². The summed E-state index contributed by atoms with van der Waals surface area (Å²) < 4.78 is 4.02. The summed E-state index contributed by atoms with van der Waals surface area (Å²) in [4.78, 5) is 1.23. The van der Waals surface area contributed by atoms with Crippen molar-refractivity contribution in [3.63, 3.8) is 0 Å². The van der Waals surface area contributed by atoms with Crippen LogP contribution >= 0.6 is 11.5 Å². The molecule has 3 nitrogen and oxygen atoms in total. The van der Waals surface area contributed by atoms with Gasteiger partial charge in [0, 0.05) is 6.04 Å². The smallest absolute Gasteiger partial charge is 0.0772 e. The van der Waals surface area contributed by atoms with Crippen LogP contribution in [0, 0.1) is 6.92 Å². The molecule has 19 heavy (non-hydrogen) atoms. The van der Waals surface area contributed by atoms with E-state index in [1.165, 1.54) is 27.5 Å². The monoisotopic (exact) mass is 275 g/mol. The number of rotatable bonds is 5. The SMILES string of the molecule is CNC(Cc1ccc(C(C)C)cc1)c1snnc1C. The molecule has 1 atom stereocenters. The Balaban J connectivity index is 2.13. The Bertz CT molecular complexity index is 516. The largest absolute Gasteiger partial charge is 0.312 e. The van der Waals surface area contributed by atoms with Crippen molar-refractivity contribution >= 4 is 11.5 Å². The lowest BCUT2D eigenvalue weighted by Crippen LogP contribution is -2.18. The third kappa shape index (κ3) is 3.39. The molecule has 0 bridgehead atoms. The van der Waals surface area contributed by atoms with Gasteiger partial charge in [0.15, 0.2) is 0 Å². The van der Waals surface area contributed by atoms with Gasteiger partial charge >= 0.3 is 0 Å². The van der Waals surface area contributed by atoms with E-state index in [1.807, 2.05) is 14.0 Å². The van der Waals surface area contributed by atoms with Crippen LogP contribution in [0.25, 0.3) is 0 Å². The normalized spacial score (nSPS) is 12.9. The molecule has 1 aromatic heterocycles. The molecule has 0 amide bonds. The van der Waals surface area contributed by atoms with Gasteiger partial charge in [-0.3, -0.25) is 0 Å². The Morgan fingerprint density at radius 2 is 1.89 bits per heavy atom. The third-order valence-electron chi connectivity index (χ3n) is 3.44. The maximum atomic E-state index is 4.09. The van der Waals surface area contributed by atoms with E-state index in [-0.39, 0.29) is 0 Å². The Kier molecular flexibility index (Phi) is 4.66. The molecule has 1 aromatic carbocycles. The lowest BCUT2D eigenvalue weighted by atomic mass is 9.98. The number of hydrogen-bond acceptors (Lipinski definition) is 4. The fraction of sp³-hybridized carbons (Fsp3) is 0.467. The molecule has 0 aliphatic rings. The molecule has 0 aliphatic carbocycles. The van der Waals surface area contributed by atoms with Gasteiger partial charge in [0.05, 0.1) is 10.6 Å². The van der Waals surface area contributed by atoms with Gasteiger partial charge in [-0.05, 0) is 49.0 Å². The van der Waals surface area contributed by atoms with E-state index >= 15 is 0 Å². The van der Waals surface area contributed by atoms with Gasteiger partial charge in [-0.25, -0.2) is 0 Å². The molecule has 2 aromatic rings. The molecule has 0 saturated heterocycles. The first kappa shape index (κ1) is 14.2. The van der Waals surface area contributed by atoms with Gasteiger partial charge in [0.2, 0.25) is 0 Å². The number of aromatic nitrogens is 2. The minimum atomic E-state index is 0.296. The van der Waals surface area contributed by atoms with Crippen LogP contribution in [0.5, 0.6) is 0 Å². The number of nitrogens with one attached hydrogen (secondary N) is 1. The molecule has 0 spiro atoms. The lowest BCUT2D eigenvalue weighted by molar-refractivity contribution is 0.597. The summed E-state index contributed by atoms with van der Waals surface area (Å²) in [5.74, 6) is 0.585. The standard InChI is InChI=1S/C15H21N3S/c1-10(2)13-7-5-12(6-8-13)9-14(16-4)15-11(3)17-18-19-15/h5-8,10,14,16H,9H2,1-4H3. The topological polar surface area (TPSA) is 37.8 Å². The van der Waals surface area contributed by atoms with Gasteiger partial charge in [-0.15, -0.1) is 5.10 Å². The van der Waals surface area contributed by atoms with Crippen LogP contribution < -0.4 is 5.32 Å². The van der Waals surface area contributed by atoms with Crippen LogP contribution in [0.1, 0.15) is 47.5 Å². The Labute approximate surface area is 119 Å². The lowest BCUT2D eigenvalue weighted by Gasteiger charge is -2.15. The van der Waals surface area contributed by atoms with Crippen molar-refractivity contribution in [1.82, 2.24) is 14.9 Å². The fourth-order valence-corrected chi connectivity index (χ4v) is 2.91. The van der Waals surface area contributed by atoms with E-state index in [2.05, 4.69) is 53.0 Å². The molecular formula is C15H21N3S. The highest BCUT2D eigenvalue weighted by molar-refractivity contribution is 7.05. The van der Waals surface area contributed by atoms with E-state index in [0.29, 0.717) is 12.0 Å². The summed E-state index contributed by atoms with van der Waals surface area (Å²) in [5, 5.41) is 7.45. The molecule has 2 rings (SSSR count). The number of aryl methyl sites for hydroxylation is 1. The van der Waals surface area contributed by atoms with Crippen molar-refractivity contribution in [2.24, 2.45) is 0 Å².